The number of amides is 1. The quantitative estimate of drug-likeness (QED) is 0.149. The van der Waals surface area contributed by atoms with E-state index in [9.17, 15) is 34.5 Å². The molecule has 2 saturated carbocycles. The third kappa shape index (κ3) is 7.62. The highest BCUT2D eigenvalue weighted by atomic mass is 16.6. The van der Waals surface area contributed by atoms with Crippen LogP contribution in [0.2, 0.25) is 0 Å². The van der Waals surface area contributed by atoms with Gasteiger partial charge in [0.1, 0.15) is 35.6 Å². The molecule has 1 aliphatic heterocycles. The molecule has 2 bridgehead atoms. The predicted molar refractivity (Wildman–Crippen MR) is 214 cm³/mol. The van der Waals surface area contributed by atoms with Crippen LogP contribution in [-0.2, 0) is 42.7 Å². The summed E-state index contributed by atoms with van der Waals surface area (Å²) in [5.74, 6) is -3.83. The first-order valence-electron chi connectivity index (χ1n) is 20.2. The Morgan fingerprint density at radius 2 is 1.55 bits per heavy atom. The van der Waals surface area contributed by atoms with Crippen LogP contribution in [0.3, 0.4) is 0 Å². The van der Waals surface area contributed by atoms with Crippen molar-refractivity contribution >= 4 is 24.0 Å². The Hall–Kier alpha value is -4.38. The third-order valence-corrected chi connectivity index (χ3v) is 13.3. The van der Waals surface area contributed by atoms with Crippen LogP contribution in [0.25, 0.3) is 0 Å². The summed E-state index contributed by atoms with van der Waals surface area (Å²) in [6, 6.07) is 15.2. The average Bonchev–Trinajstić information content (AvgIpc) is 3.18. The van der Waals surface area contributed by atoms with Crippen molar-refractivity contribution < 1.29 is 67.7 Å². The number of hydrogen-bond donors (Lipinski definition) is 4. The Kier molecular flexibility index (Phi) is 12.4. The van der Waals surface area contributed by atoms with Gasteiger partial charge in [-0.2, -0.15) is 0 Å². The third-order valence-electron chi connectivity index (χ3n) is 13.3. The lowest BCUT2D eigenvalue weighted by molar-refractivity contribution is -0.367. The molecule has 3 fully saturated rings. The number of aliphatic hydroxyl groups is 3. The Morgan fingerprint density at radius 1 is 0.933 bits per heavy atom. The molecule has 15 heteroatoms. The minimum atomic E-state index is -2.18. The van der Waals surface area contributed by atoms with Crippen molar-refractivity contribution in [1.82, 2.24) is 5.32 Å². The first-order valence-corrected chi connectivity index (χ1v) is 20.2. The zero-order valence-electron chi connectivity index (χ0n) is 35.9. The second-order valence-electron chi connectivity index (χ2n) is 18.2. The normalized spacial score (nSPS) is 34.2. The summed E-state index contributed by atoms with van der Waals surface area (Å²) in [6.07, 6.45) is -10.2. The number of alkyl carbamates (subject to hydrolysis) is 1. The SMILES string of the molecule is CO[C@@H]1C2=C(C)[C@@H](OC(=O)[C@H](O)[C@@H](NC(=O)OC(C)(C)C)c3ccccc3)C[C@@](O)([C@@H](OC(=O)c3ccccc3)[C@@H]3[C@]4(OC(C)=O)CO[C@@H]4C[C@H](OC)[C@@]3(C)C1O)C2(C)C. The summed E-state index contributed by atoms with van der Waals surface area (Å²) >= 11 is 0. The van der Waals surface area contributed by atoms with Gasteiger partial charge in [-0.3, -0.25) is 4.79 Å². The van der Waals surface area contributed by atoms with Crippen molar-refractivity contribution in [2.75, 3.05) is 20.8 Å². The molecule has 4 aliphatic rings. The van der Waals surface area contributed by atoms with E-state index in [2.05, 4.69) is 5.32 Å². The fourth-order valence-corrected chi connectivity index (χ4v) is 10.3. The lowest BCUT2D eigenvalue weighted by atomic mass is 9.44. The van der Waals surface area contributed by atoms with E-state index in [4.69, 9.17) is 33.2 Å². The van der Waals surface area contributed by atoms with Crippen molar-refractivity contribution in [2.24, 2.45) is 16.7 Å². The molecule has 2 aromatic rings. The molecule has 1 heterocycles. The lowest BCUT2D eigenvalue weighted by Crippen LogP contribution is -2.82. The summed E-state index contributed by atoms with van der Waals surface area (Å²) in [4.78, 5) is 54.6. The monoisotopic (exact) mass is 837 g/mol. The Bertz CT molecular complexity index is 1960. The lowest BCUT2D eigenvalue weighted by Gasteiger charge is -2.69. The van der Waals surface area contributed by atoms with Gasteiger partial charge in [-0.25, -0.2) is 14.4 Å². The van der Waals surface area contributed by atoms with E-state index in [0.717, 1.165) is 0 Å². The van der Waals surface area contributed by atoms with Gasteiger partial charge in [0.05, 0.1) is 36.3 Å². The number of hydrogen-bond acceptors (Lipinski definition) is 14. The number of aliphatic hydroxyl groups excluding tert-OH is 2. The molecule has 15 nitrogen and oxygen atoms in total. The van der Waals surface area contributed by atoms with E-state index < -0.39 is 113 Å². The predicted octanol–water partition coefficient (Wildman–Crippen LogP) is 4.36. The molecule has 0 radical (unpaired) electrons. The standard InChI is InChI=1S/C45H59NO14/c1-24-28(57-39(51)33(48)32(26-17-13-11-14-18-26)46-40(52)60-41(3,4)5)22-45(53)37(58-38(50)27-19-15-12-16-20-27)35-43(8,36(49)34(55-10)31(24)42(45,6)7)29(54-9)21-30-44(35,23-56-30)59-25(2)47/h11-20,28-30,32-37,48-49,53H,21-23H2,1-10H3,(H,46,52)/t28-,29-,30+,32-,33+,34+,35-,36?,37-,43+,44-,45+/m0/s1. The minimum absolute atomic E-state index is 0.147. The maximum atomic E-state index is 14.3. The van der Waals surface area contributed by atoms with E-state index >= 15 is 0 Å². The van der Waals surface area contributed by atoms with Crippen molar-refractivity contribution in [2.45, 2.75) is 134 Å². The van der Waals surface area contributed by atoms with Crippen LogP contribution in [0.1, 0.15) is 90.2 Å². The summed E-state index contributed by atoms with van der Waals surface area (Å²) in [7, 11) is 2.89. The van der Waals surface area contributed by atoms with E-state index in [1.54, 1.807) is 109 Å². The molecule has 0 aromatic heterocycles. The van der Waals surface area contributed by atoms with Gasteiger partial charge in [-0.15, -0.1) is 0 Å². The molecule has 0 spiro atoms. The van der Waals surface area contributed by atoms with Crippen molar-refractivity contribution in [3.05, 3.63) is 82.9 Å². The minimum Gasteiger partial charge on any atom is -0.456 e. The van der Waals surface area contributed by atoms with E-state index in [1.807, 2.05) is 0 Å². The highest BCUT2D eigenvalue weighted by Crippen LogP contribution is 2.65. The molecular weight excluding hydrogens is 778 g/mol. The van der Waals surface area contributed by atoms with Gasteiger partial charge in [-0.1, -0.05) is 69.3 Å². The van der Waals surface area contributed by atoms with Gasteiger partial charge >= 0.3 is 24.0 Å². The number of fused-ring (bicyclic) bond motifs is 5. The van der Waals surface area contributed by atoms with Gasteiger partial charge < -0.3 is 53.8 Å². The molecule has 1 unspecified atom stereocenters. The fourth-order valence-electron chi connectivity index (χ4n) is 10.3. The van der Waals surface area contributed by atoms with Crippen LogP contribution < -0.4 is 5.32 Å². The number of esters is 3. The maximum absolute atomic E-state index is 14.3. The zero-order chi connectivity index (χ0) is 44.2. The summed E-state index contributed by atoms with van der Waals surface area (Å²) in [5, 5.41) is 40.9. The van der Waals surface area contributed by atoms with Crippen LogP contribution >= 0.6 is 0 Å². The number of benzene rings is 2. The number of rotatable bonds is 10. The molecule has 6 rings (SSSR count). The van der Waals surface area contributed by atoms with Crippen molar-refractivity contribution in [3.63, 3.8) is 0 Å². The molecule has 1 saturated heterocycles. The van der Waals surface area contributed by atoms with E-state index in [1.165, 1.54) is 21.1 Å². The molecule has 3 aliphatic carbocycles. The number of carbonyl (C=O) groups excluding carboxylic acids is 4. The Balaban J connectivity index is 1.52. The molecular formula is C45H59NO14. The maximum Gasteiger partial charge on any atom is 0.408 e. The van der Waals surface area contributed by atoms with Gasteiger partial charge in [0.25, 0.3) is 0 Å². The molecule has 60 heavy (non-hydrogen) atoms. The Labute approximate surface area is 350 Å². The number of ether oxygens (including phenoxy) is 7. The smallest absolute Gasteiger partial charge is 0.408 e. The highest BCUT2D eigenvalue weighted by molar-refractivity contribution is 5.89. The van der Waals surface area contributed by atoms with Crippen LogP contribution in [-0.4, -0.2) is 120 Å². The zero-order valence-corrected chi connectivity index (χ0v) is 35.9. The second-order valence-corrected chi connectivity index (χ2v) is 18.2. The number of carbonyl (C=O) groups is 4. The van der Waals surface area contributed by atoms with Crippen LogP contribution in [0.4, 0.5) is 4.79 Å². The summed E-state index contributed by atoms with van der Waals surface area (Å²) in [5.41, 5.74) is -6.16. The van der Waals surface area contributed by atoms with Gasteiger partial charge in [0, 0.05) is 44.8 Å². The molecule has 1 amide bonds. The average molecular weight is 838 g/mol. The van der Waals surface area contributed by atoms with Gasteiger partial charge in [-0.05, 0) is 56.5 Å². The summed E-state index contributed by atoms with van der Waals surface area (Å²) < 4.78 is 42.7. The molecule has 4 N–H and O–H groups in total. The van der Waals surface area contributed by atoms with Gasteiger partial charge in [0.15, 0.2) is 11.7 Å². The van der Waals surface area contributed by atoms with Crippen molar-refractivity contribution in [1.29, 1.82) is 0 Å². The topological polar surface area (TPSA) is 206 Å². The largest absolute Gasteiger partial charge is 0.456 e. The summed E-state index contributed by atoms with van der Waals surface area (Å²) in [6.45, 7) is 13.0. The highest BCUT2D eigenvalue weighted by Gasteiger charge is 2.78. The van der Waals surface area contributed by atoms with Crippen LogP contribution in [0, 0.1) is 16.7 Å². The number of nitrogens with one attached hydrogen (secondary N) is 1. The first-order chi connectivity index (χ1) is 28.1. The first kappa shape index (κ1) is 45.2. The second kappa shape index (κ2) is 16.5. The van der Waals surface area contributed by atoms with E-state index in [0.29, 0.717) is 16.7 Å². The molecule has 2 aromatic carbocycles. The molecule has 12 atom stereocenters. The fraction of sp³-hybridized carbons (Fsp3) is 0.600. The van der Waals surface area contributed by atoms with Crippen molar-refractivity contribution in [3.8, 4) is 0 Å². The van der Waals surface area contributed by atoms with Crippen LogP contribution in [0.15, 0.2) is 71.8 Å². The Morgan fingerprint density at radius 3 is 2.08 bits per heavy atom. The van der Waals surface area contributed by atoms with Crippen LogP contribution in [0.5, 0.6) is 0 Å². The van der Waals surface area contributed by atoms with E-state index in [-0.39, 0.29) is 18.6 Å². The number of methoxy groups -OCH3 is 2. The molecule has 328 valence electrons. The van der Waals surface area contributed by atoms with Gasteiger partial charge in [0.2, 0.25) is 0 Å².